The lowest BCUT2D eigenvalue weighted by molar-refractivity contribution is 0.107. The van der Waals surface area contributed by atoms with Crippen molar-refractivity contribution in [2.24, 2.45) is 0 Å². The highest BCUT2D eigenvalue weighted by atomic mass is 16.5. The summed E-state index contributed by atoms with van der Waals surface area (Å²) in [6.07, 6.45) is 0.937. The van der Waals surface area contributed by atoms with Crippen molar-refractivity contribution in [1.29, 1.82) is 0 Å². The van der Waals surface area contributed by atoms with E-state index in [0.717, 1.165) is 18.7 Å². The Labute approximate surface area is 70.9 Å². The van der Waals surface area contributed by atoms with Crippen molar-refractivity contribution in [3.05, 3.63) is 17.0 Å². The van der Waals surface area contributed by atoms with Crippen molar-refractivity contribution in [2.45, 2.75) is 19.6 Å². The highest BCUT2D eigenvalue weighted by Gasteiger charge is 2.16. The molecule has 4 heteroatoms. The summed E-state index contributed by atoms with van der Waals surface area (Å²) < 4.78 is 10.3. The van der Waals surface area contributed by atoms with Crippen LogP contribution in [0.25, 0.3) is 0 Å². The van der Waals surface area contributed by atoms with Crippen LogP contribution in [0.4, 0.5) is 0 Å². The lowest BCUT2D eigenvalue weighted by Crippen LogP contribution is -2.09. The zero-order valence-corrected chi connectivity index (χ0v) is 7.09. The monoisotopic (exact) mass is 168 g/mol. The van der Waals surface area contributed by atoms with E-state index in [4.69, 9.17) is 9.47 Å². The number of nitrogens with one attached hydrogen (secondary N) is 1. The van der Waals surface area contributed by atoms with Crippen LogP contribution < -0.4 is 0 Å². The van der Waals surface area contributed by atoms with Gasteiger partial charge in [-0.05, 0) is 0 Å². The van der Waals surface area contributed by atoms with Crippen LogP contribution in [0.1, 0.15) is 17.0 Å². The van der Waals surface area contributed by atoms with Gasteiger partial charge in [0.1, 0.15) is 0 Å². The van der Waals surface area contributed by atoms with E-state index in [1.54, 1.807) is 7.11 Å². The largest absolute Gasteiger partial charge is 0.378 e. The van der Waals surface area contributed by atoms with E-state index in [1.807, 2.05) is 0 Å². The van der Waals surface area contributed by atoms with Crippen LogP contribution in [0.15, 0.2) is 0 Å². The molecule has 0 radical (unpaired) electrons. The van der Waals surface area contributed by atoms with Gasteiger partial charge in [0.2, 0.25) is 0 Å². The minimum atomic E-state index is 0.565. The lowest BCUT2D eigenvalue weighted by atomic mass is 10.1. The van der Waals surface area contributed by atoms with Crippen molar-refractivity contribution in [3.63, 3.8) is 0 Å². The molecule has 0 spiro atoms. The topological polar surface area (TPSA) is 47.1 Å². The summed E-state index contributed by atoms with van der Waals surface area (Å²) in [5, 5.41) is 7.16. The number of methoxy groups -OCH3 is 1. The number of rotatable bonds is 2. The number of nitrogens with zero attached hydrogens (tertiary/aromatic N) is 1. The summed E-state index contributed by atoms with van der Waals surface area (Å²) in [6, 6.07) is 0. The SMILES string of the molecule is COCc1n[nH]c2c1COCC2. The second kappa shape index (κ2) is 3.25. The zero-order valence-electron chi connectivity index (χ0n) is 7.09. The highest BCUT2D eigenvalue weighted by molar-refractivity contribution is 5.25. The first kappa shape index (κ1) is 7.76. The third kappa shape index (κ3) is 1.23. The Kier molecular flexibility index (Phi) is 2.10. The molecule has 1 aromatic heterocycles. The van der Waals surface area contributed by atoms with E-state index in [1.165, 1.54) is 11.3 Å². The van der Waals surface area contributed by atoms with Crippen LogP contribution in [0.2, 0.25) is 0 Å². The maximum Gasteiger partial charge on any atom is 0.0937 e. The number of aromatic amines is 1. The lowest BCUT2D eigenvalue weighted by Gasteiger charge is -2.11. The fraction of sp³-hybridized carbons (Fsp3) is 0.625. The van der Waals surface area contributed by atoms with Gasteiger partial charge in [-0.3, -0.25) is 5.10 Å². The second-order valence-corrected chi connectivity index (χ2v) is 2.86. The maximum absolute atomic E-state index is 5.33. The van der Waals surface area contributed by atoms with Crippen molar-refractivity contribution >= 4 is 0 Å². The van der Waals surface area contributed by atoms with Crippen LogP contribution in [-0.4, -0.2) is 23.9 Å². The van der Waals surface area contributed by atoms with Gasteiger partial charge >= 0.3 is 0 Å². The molecule has 4 nitrogen and oxygen atoms in total. The first-order valence-corrected chi connectivity index (χ1v) is 4.03. The Hall–Kier alpha value is -0.870. The number of hydrogen-bond donors (Lipinski definition) is 1. The van der Waals surface area contributed by atoms with Gasteiger partial charge in [-0.1, -0.05) is 0 Å². The van der Waals surface area contributed by atoms with Gasteiger partial charge in [0.05, 0.1) is 25.5 Å². The third-order valence-corrected chi connectivity index (χ3v) is 2.06. The van der Waals surface area contributed by atoms with E-state index in [-0.39, 0.29) is 0 Å². The minimum Gasteiger partial charge on any atom is -0.378 e. The van der Waals surface area contributed by atoms with Gasteiger partial charge in [0.25, 0.3) is 0 Å². The standard InChI is InChI=1S/C8H12N2O2/c1-11-5-8-6-4-12-3-2-7(6)9-10-8/h2-5H2,1H3,(H,9,10). The molecule has 0 atom stereocenters. The third-order valence-electron chi connectivity index (χ3n) is 2.06. The summed E-state index contributed by atoms with van der Waals surface area (Å²) >= 11 is 0. The van der Waals surface area contributed by atoms with Crippen LogP contribution in [0, 0.1) is 0 Å². The van der Waals surface area contributed by atoms with Crippen molar-refractivity contribution in [1.82, 2.24) is 10.2 Å². The molecule has 0 amide bonds. The molecular formula is C8H12N2O2. The molecule has 1 N–H and O–H groups in total. The molecule has 2 heterocycles. The molecule has 1 aromatic rings. The number of fused-ring (bicyclic) bond motifs is 1. The van der Waals surface area contributed by atoms with Crippen molar-refractivity contribution in [2.75, 3.05) is 13.7 Å². The smallest absolute Gasteiger partial charge is 0.0937 e. The number of H-pyrrole nitrogens is 1. The van der Waals surface area contributed by atoms with E-state index >= 15 is 0 Å². The summed E-state index contributed by atoms with van der Waals surface area (Å²) in [6.45, 7) is 2.03. The molecule has 0 saturated carbocycles. The molecule has 0 saturated heterocycles. The van der Waals surface area contributed by atoms with Gasteiger partial charge in [-0.15, -0.1) is 0 Å². The number of ether oxygens (including phenoxy) is 2. The second-order valence-electron chi connectivity index (χ2n) is 2.86. The van der Waals surface area contributed by atoms with Crippen LogP contribution in [0.3, 0.4) is 0 Å². The molecule has 1 aliphatic rings. The molecule has 0 unspecified atom stereocenters. The van der Waals surface area contributed by atoms with Crippen molar-refractivity contribution < 1.29 is 9.47 Å². The quantitative estimate of drug-likeness (QED) is 0.704. The van der Waals surface area contributed by atoms with Gasteiger partial charge in [-0.25, -0.2) is 0 Å². The molecule has 66 valence electrons. The molecular weight excluding hydrogens is 156 g/mol. The van der Waals surface area contributed by atoms with Crippen LogP contribution in [-0.2, 0) is 29.1 Å². The summed E-state index contributed by atoms with van der Waals surface area (Å²) in [7, 11) is 1.67. The first-order chi connectivity index (χ1) is 5.92. The molecule has 0 aromatic carbocycles. The normalized spacial score (nSPS) is 16.1. The number of aromatic nitrogens is 2. The van der Waals surface area contributed by atoms with Gasteiger partial charge < -0.3 is 9.47 Å². The molecule has 2 rings (SSSR count). The fourth-order valence-corrected chi connectivity index (χ4v) is 1.43. The Morgan fingerprint density at radius 2 is 2.58 bits per heavy atom. The van der Waals surface area contributed by atoms with E-state index in [0.29, 0.717) is 13.2 Å². The predicted molar refractivity (Wildman–Crippen MR) is 42.7 cm³/mol. The highest BCUT2D eigenvalue weighted by Crippen LogP contribution is 2.18. The fourth-order valence-electron chi connectivity index (χ4n) is 1.43. The summed E-state index contributed by atoms with van der Waals surface area (Å²) in [5.74, 6) is 0. The summed E-state index contributed by atoms with van der Waals surface area (Å²) in [5.41, 5.74) is 3.36. The minimum absolute atomic E-state index is 0.565. The van der Waals surface area contributed by atoms with Crippen LogP contribution >= 0.6 is 0 Å². The predicted octanol–water partition coefficient (Wildman–Crippen LogP) is 0.629. The zero-order chi connectivity index (χ0) is 8.39. The molecule has 1 aliphatic heterocycles. The van der Waals surface area contributed by atoms with Gasteiger partial charge in [-0.2, -0.15) is 5.10 Å². The molecule has 12 heavy (non-hydrogen) atoms. The summed E-state index contributed by atoms with van der Waals surface area (Å²) in [4.78, 5) is 0. The average Bonchev–Trinajstić information content (AvgIpc) is 2.50. The average molecular weight is 168 g/mol. The molecule has 0 bridgehead atoms. The molecule has 0 aliphatic carbocycles. The first-order valence-electron chi connectivity index (χ1n) is 4.03. The van der Waals surface area contributed by atoms with E-state index in [9.17, 15) is 0 Å². The maximum atomic E-state index is 5.33. The van der Waals surface area contributed by atoms with Gasteiger partial charge in [0.15, 0.2) is 0 Å². The number of hydrogen-bond acceptors (Lipinski definition) is 3. The Morgan fingerprint density at radius 1 is 1.67 bits per heavy atom. The molecule has 0 fully saturated rings. The van der Waals surface area contributed by atoms with Crippen molar-refractivity contribution in [3.8, 4) is 0 Å². The Morgan fingerprint density at radius 3 is 3.42 bits per heavy atom. The van der Waals surface area contributed by atoms with E-state index < -0.39 is 0 Å². The Balaban J connectivity index is 2.25. The van der Waals surface area contributed by atoms with Gasteiger partial charge in [0, 0.05) is 24.8 Å². The van der Waals surface area contributed by atoms with E-state index in [2.05, 4.69) is 10.2 Å². The Bertz CT molecular complexity index is 270. The van der Waals surface area contributed by atoms with Crippen LogP contribution in [0.5, 0.6) is 0 Å².